The van der Waals surface area contributed by atoms with Crippen molar-refractivity contribution in [1.29, 1.82) is 0 Å². The van der Waals surface area contributed by atoms with E-state index in [-0.39, 0.29) is 30.8 Å². The molecule has 8 nitrogen and oxygen atoms in total. The van der Waals surface area contributed by atoms with Crippen molar-refractivity contribution >= 4 is 28.5 Å². The van der Waals surface area contributed by atoms with Gasteiger partial charge in [0.2, 0.25) is 5.91 Å². The predicted octanol–water partition coefficient (Wildman–Crippen LogP) is 4.11. The van der Waals surface area contributed by atoms with E-state index in [2.05, 4.69) is 10.3 Å². The summed E-state index contributed by atoms with van der Waals surface area (Å²) in [5.41, 5.74) is 3.67. The van der Waals surface area contributed by atoms with E-state index in [9.17, 15) is 14.0 Å². The van der Waals surface area contributed by atoms with Crippen LogP contribution in [0.5, 0.6) is 0 Å². The second-order valence-corrected chi connectivity index (χ2v) is 8.08. The van der Waals surface area contributed by atoms with E-state index in [4.69, 9.17) is 9.72 Å². The van der Waals surface area contributed by atoms with E-state index in [1.54, 1.807) is 48.6 Å². The number of aryl methyl sites for hydroxylation is 1. The van der Waals surface area contributed by atoms with Crippen molar-refractivity contribution in [3.8, 4) is 11.4 Å². The predicted molar refractivity (Wildman–Crippen MR) is 131 cm³/mol. The topological polar surface area (TPSA) is 89.4 Å². The minimum absolute atomic E-state index is 0.115. The van der Waals surface area contributed by atoms with E-state index < -0.39 is 0 Å². The number of carbonyl (C=O) groups is 2. The number of amides is 2. The number of ether oxygens (including phenoxy) is 1. The number of carbonyl (C=O) groups excluding carboxylic acids is 2. The third-order valence-corrected chi connectivity index (χ3v) is 5.55. The van der Waals surface area contributed by atoms with Gasteiger partial charge in [-0.2, -0.15) is 0 Å². The fourth-order valence-corrected chi connectivity index (χ4v) is 4.00. The van der Waals surface area contributed by atoms with Gasteiger partial charge < -0.3 is 19.5 Å². The highest BCUT2D eigenvalue weighted by atomic mass is 19.1. The maximum Gasteiger partial charge on any atom is 0.256 e. The number of hydrogen-bond donors (Lipinski definition) is 1. The first-order valence-electron chi connectivity index (χ1n) is 11.1. The molecule has 0 saturated heterocycles. The van der Waals surface area contributed by atoms with Crippen LogP contribution >= 0.6 is 0 Å². The number of pyridine rings is 1. The average Bonchev–Trinajstić information content (AvgIpc) is 3.23. The van der Waals surface area contributed by atoms with E-state index in [0.717, 1.165) is 11.1 Å². The number of nitrogens with one attached hydrogen (secondary N) is 1. The maximum absolute atomic E-state index is 13.7. The molecule has 35 heavy (non-hydrogen) atoms. The van der Waals surface area contributed by atoms with Gasteiger partial charge in [0.1, 0.15) is 18.2 Å². The number of fused-ring (bicyclic) bond motifs is 1. The molecule has 0 saturated carbocycles. The van der Waals surface area contributed by atoms with Crippen molar-refractivity contribution < 1.29 is 18.7 Å². The monoisotopic (exact) mass is 475 g/mol. The van der Waals surface area contributed by atoms with Gasteiger partial charge in [0.05, 0.1) is 16.6 Å². The lowest BCUT2D eigenvalue weighted by Crippen LogP contribution is -2.27. The van der Waals surface area contributed by atoms with E-state index in [0.29, 0.717) is 34.7 Å². The van der Waals surface area contributed by atoms with Gasteiger partial charge in [-0.05, 0) is 48.9 Å². The molecule has 2 aromatic carbocycles. The smallest absolute Gasteiger partial charge is 0.256 e. The summed E-state index contributed by atoms with van der Waals surface area (Å²) in [6.45, 7) is 2.72. The SMILES string of the molecule is CCn1c(-c2cccnc2)nc2cc(NC(=O)COC)cc(C(=O)N(C)Cc3ccc(F)cc3)c21. The Hall–Kier alpha value is -4.11. The number of anilines is 1. The van der Waals surface area contributed by atoms with Crippen LogP contribution in [0.15, 0.2) is 60.9 Å². The van der Waals surface area contributed by atoms with Gasteiger partial charge >= 0.3 is 0 Å². The Kier molecular flexibility index (Phi) is 7.17. The van der Waals surface area contributed by atoms with E-state index >= 15 is 0 Å². The summed E-state index contributed by atoms with van der Waals surface area (Å²) in [7, 11) is 3.12. The van der Waals surface area contributed by atoms with Crippen LogP contribution in [0.2, 0.25) is 0 Å². The molecule has 0 spiro atoms. The van der Waals surface area contributed by atoms with Gasteiger partial charge in [0.25, 0.3) is 5.91 Å². The zero-order valence-electron chi connectivity index (χ0n) is 19.8. The first-order chi connectivity index (χ1) is 16.9. The van der Waals surface area contributed by atoms with Crippen LogP contribution in [0.3, 0.4) is 0 Å². The zero-order valence-corrected chi connectivity index (χ0v) is 19.8. The highest BCUT2D eigenvalue weighted by Crippen LogP contribution is 2.30. The molecule has 4 rings (SSSR count). The minimum Gasteiger partial charge on any atom is -0.375 e. The van der Waals surface area contributed by atoms with Crippen LogP contribution in [0.4, 0.5) is 10.1 Å². The molecule has 2 amide bonds. The lowest BCUT2D eigenvalue weighted by molar-refractivity contribution is -0.119. The third kappa shape index (κ3) is 5.20. The van der Waals surface area contributed by atoms with Crippen molar-refractivity contribution in [3.63, 3.8) is 0 Å². The number of halogens is 1. The van der Waals surface area contributed by atoms with Gasteiger partial charge in [-0.1, -0.05) is 12.1 Å². The summed E-state index contributed by atoms with van der Waals surface area (Å²) in [5, 5.41) is 2.77. The van der Waals surface area contributed by atoms with Crippen molar-refractivity contribution in [2.45, 2.75) is 20.0 Å². The average molecular weight is 476 g/mol. The molecule has 0 unspecified atom stereocenters. The molecule has 0 bridgehead atoms. The Morgan fingerprint density at radius 2 is 1.94 bits per heavy atom. The molecule has 2 heterocycles. The molecule has 0 aliphatic heterocycles. The van der Waals surface area contributed by atoms with Gasteiger partial charge in [-0.25, -0.2) is 9.37 Å². The van der Waals surface area contributed by atoms with Gasteiger partial charge in [0, 0.05) is 50.9 Å². The number of imidazole rings is 1. The van der Waals surface area contributed by atoms with Gasteiger partial charge in [-0.3, -0.25) is 14.6 Å². The molecule has 0 atom stereocenters. The first kappa shape index (κ1) is 24.0. The van der Waals surface area contributed by atoms with Gasteiger partial charge in [-0.15, -0.1) is 0 Å². The summed E-state index contributed by atoms with van der Waals surface area (Å²) in [4.78, 5) is 36.4. The summed E-state index contributed by atoms with van der Waals surface area (Å²) in [6.07, 6.45) is 3.40. The number of nitrogens with zero attached hydrogens (tertiary/aromatic N) is 4. The van der Waals surface area contributed by atoms with Crippen LogP contribution in [0.1, 0.15) is 22.8 Å². The number of rotatable bonds is 8. The maximum atomic E-state index is 13.7. The van der Waals surface area contributed by atoms with Crippen LogP contribution < -0.4 is 5.32 Å². The highest BCUT2D eigenvalue weighted by Gasteiger charge is 2.23. The van der Waals surface area contributed by atoms with E-state index in [1.807, 2.05) is 23.6 Å². The van der Waals surface area contributed by atoms with Crippen molar-refractivity contribution in [3.05, 3.63) is 77.9 Å². The molecular formula is C26H26FN5O3. The number of aromatic nitrogens is 3. The first-order valence-corrected chi connectivity index (χ1v) is 11.1. The quantitative estimate of drug-likeness (QED) is 0.414. The standard InChI is InChI=1S/C26H26FN5O3/c1-4-32-24-21(26(34)31(2)15-17-7-9-19(27)10-8-17)12-20(29-23(33)16-35-3)13-22(24)30-25(32)18-6-5-11-28-14-18/h5-14H,4,15-16H2,1-3H3,(H,29,33). The number of methoxy groups -OCH3 is 1. The van der Waals surface area contributed by atoms with Crippen molar-refractivity contribution in [2.24, 2.45) is 0 Å². The summed E-state index contributed by atoms with van der Waals surface area (Å²) < 4.78 is 20.2. The Balaban J connectivity index is 1.82. The highest BCUT2D eigenvalue weighted by molar-refractivity contribution is 6.08. The molecule has 4 aromatic rings. The lowest BCUT2D eigenvalue weighted by atomic mass is 10.1. The van der Waals surface area contributed by atoms with Gasteiger partial charge in [0.15, 0.2) is 0 Å². The molecule has 180 valence electrons. The van der Waals surface area contributed by atoms with Crippen LogP contribution in [-0.4, -0.2) is 52.0 Å². The zero-order chi connectivity index (χ0) is 24.9. The van der Waals surface area contributed by atoms with Crippen LogP contribution in [-0.2, 0) is 22.6 Å². The Morgan fingerprint density at radius 3 is 2.60 bits per heavy atom. The molecule has 1 N–H and O–H groups in total. The molecule has 0 radical (unpaired) electrons. The lowest BCUT2D eigenvalue weighted by Gasteiger charge is -2.19. The second kappa shape index (κ2) is 10.4. The molecule has 2 aromatic heterocycles. The molecule has 0 fully saturated rings. The minimum atomic E-state index is -0.340. The Morgan fingerprint density at radius 1 is 1.17 bits per heavy atom. The molecule has 9 heteroatoms. The second-order valence-electron chi connectivity index (χ2n) is 8.08. The summed E-state index contributed by atoms with van der Waals surface area (Å²) in [5.74, 6) is -0.258. The van der Waals surface area contributed by atoms with Crippen LogP contribution in [0, 0.1) is 5.82 Å². The Labute approximate surface area is 202 Å². The molecule has 0 aliphatic carbocycles. The summed E-state index contributed by atoms with van der Waals surface area (Å²) in [6, 6.07) is 13.2. The largest absolute Gasteiger partial charge is 0.375 e. The fourth-order valence-electron chi connectivity index (χ4n) is 4.00. The molecule has 0 aliphatic rings. The Bertz CT molecular complexity index is 1350. The van der Waals surface area contributed by atoms with Crippen molar-refractivity contribution in [1.82, 2.24) is 19.4 Å². The molecular weight excluding hydrogens is 449 g/mol. The van der Waals surface area contributed by atoms with Crippen molar-refractivity contribution in [2.75, 3.05) is 26.1 Å². The third-order valence-electron chi connectivity index (χ3n) is 5.55. The number of benzene rings is 2. The van der Waals surface area contributed by atoms with Crippen LogP contribution in [0.25, 0.3) is 22.4 Å². The summed E-state index contributed by atoms with van der Waals surface area (Å²) >= 11 is 0. The fraction of sp³-hybridized carbons (Fsp3) is 0.231. The normalized spacial score (nSPS) is 11.0. The number of hydrogen-bond acceptors (Lipinski definition) is 5. The van der Waals surface area contributed by atoms with E-state index in [1.165, 1.54) is 19.2 Å².